The third kappa shape index (κ3) is 4.64. The Hall–Kier alpha value is -0.840. The Morgan fingerprint density at radius 2 is 2.32 bits per heavy atom. The van der Waals surface area contributed by atoms with Crippen LogP contribution >= 0.6 is 24.0 Å². The molecular weight excluding hydrogens is 290 g/mol. The van der Waals surface area contributed by atoms with E-state index in [1.165, 1.54) is 12.1 Å². The van der Waals surface area contributed by atoms with Gasteiger partial charge in [-0.3, -0.25) is 4.79 Å². The van der Waals surface area contributed by atoms with Crippen molar-refractivity contribution in [3.8, 4) is 0 Å². The zero-order valence-corrected chi connectivity index (χ0v) is 12.0. The number of nitrogens with one attached hydrogen (secondary N) is 2. The van der Waals surface area contributed by atoms with Crippen LogP contribution in [0.15, 0.2) is 18.2 Å². The smallest absolute Gasteiger partial charge is 0.224 e. The lowest BCUT2D eigenvalue weighted by Gasteiger charge is -2.21. The summed E-state index contributed by atoms with van der Waals surface area (Å²) in [5, 5.41) is 6.14. The summed E-state index contributed by atoms with van der Waals surface area (Å²) in [6.07, 6.45) is 1.95. The molecule has 0 saturated carbocycles. The fourth-order valence-corrected chi connectivity index (χ4v) is 2.26. The summed E-state index contributed by atoms with van der Waals surface area (Å²) in [6, 6.07) is 4.48. The van der Waals surface area contributed by atoms with Crippen LogP contribution in [0.3, 0.4) is 0 Å². The molecule has 6 heteroatoms. The van der Waals surface area contributed by atoms with Gasteiger partial charge >= 0.3 is 0 Å². The van der Waals surface area contributed by atoms with Gasteiger partial charge in [0.1, 0.15) is 5.82 Å². The number of halogens is 3. The van der Waals surface area contributed by atoms with Crippen molar-refractivity contribution in [3.63, 3.8) is 0 Å². The largest absolute Gasteiger partial charge is 0.352 e. The fourth-order valence-electron chi connectivity index (χ4n) is 2.06. The molecule has 3 nitrogen and oxygen atoms in total. The molecule has 1 atom stereocenters. The monoisotopic (exact) mass is 306 g/mol. The van der Waals surface area contributed by atoms with Crippen molar-refractivity contribution in [2.75, 3.05) is 13.1 Å². The Labute approximate surface area is 123 Å². The highest BCUT2D eigenvalue weighted by Crippen LogP contribution is 2.16. The van der Waals surface area contributed by atoms with Crippen LogP contribution in [0.5, 0.6) is 0 Å². The predicted molar refractivity (Wildman–Crippen MR) is 76.1 cm³/mol. The highest BCUT2D eigenvalue weighted by atomic mass is 35.5. The van der Waals surface area contributed by atoms with Crippen molar-refractivity contribution in [2.45, 2.75) is 19.4 Å². The second kappa shape index (κ2) is 7.68. The summed E-state index contributed by atoms with van der Waals surface area (Å²) >= 11 is 5.68. The number of piperidine rings is 1. The van der Waals surface area contributed by atoms with Crippen molar-refractivity contribution in [1.82, 2.24) is 10.6 Å². The Kier molecular flexibility index (Phi) is 6.55. The minimum Gasteiger partial charge on any atom is -0.352 e. The van der Waals surface area contributed by atoms with Gasteiger partial charge in [-0.15, -0.1) is 12.4 Å². The topological polar surface area (TPSA) is 41.1 Å². The first kappa shape index (κ1) is 16.2. The fraction of sp³-hybridized carbons (Fsp3) is 0.462. The Morgan fingerprint density at radius 3 is 2.95 bits per heavy atom. The maximum atomic E-state index is 13.0. The van der Waals surface area contributed by atoms with Crippen molar-refractivity contribution >= 4 is 29.9 Å². The first-order chi connectivity index (χ1) is 8.66. The maximum Gasteiger partial charge on any atom is 0.224 e. The zero-order valence-electron chi connectivity index (χ0n) is 10.4. The van der Waals surface area contributed by atoms with Crippen LogP contribution in [0.4, 0.5) is 4.39 Å². The van der Waals surface area contributed by atoms with E-state index in [0.717, 1.165) is 31.5 Å². The molecule has 0 bridgehead atoms. The second-order valence-corrected chi connectivity index (χ2v) is 4.92. The standard InChI is InChI=1S/C13H16ClFN2O.ClH/c14-11-6-9(3-4-12(11)15)7-17-13(18)10-2-1-5-16-8-10;/h3-4,6,10,16H,1-2,5,7-8H2,(H,17,18);1H/t10-;/m1./s1. The van der Waals surface area contributed by atoms with E-state index < -0.39 is 5.82 Å². The molecule has 1 amide bonds. The summed E-state index contributed by atoms with van der Waals surface area (Å²) < 4.78 is 13.0. The van der Waals surface area contributed by atoms with Gasteiger partial charge in [0, 0.05) is 13.1 Å². The first-order valence-corrected chi connectivity index (χ1v) is 6.47. The Bertz CT molecular complexity index is 437. The van der Waals surface area contributed by atoms with Crippen LogP contribution < -0.4 is 10.6 Å². The Balaban J connectivity index is 0.00000180. The van der Waals surface area contributed by atoms with E-state index in [1.54, 1.807) is 6.07 Å². The number of carbonyl (C=O) groups excluding carboxylic acids is 1. The molecule has 2 rings (SSSR count). The number of benzene rings is 1. The van der Waals surface area contributed by atoms with Gasteiger partial charge in [-0.1, -0.05) is 17.7 Å². The van der Waals surface area contributed by atoms with Crippen LogP contribution in [0, 0.1) is 11.7 Å². The van der Waals surface area contributed by atoms with Gasteiger partial charge in [0.15, 0.2) is 0 Å². The van der Waals surface area contributed by atoms with E-state index in [-0.39, 0.29) is 29.3 Å². The molecule has 0 aromatic heterocycles. The summed E-state index contributed by atoms with van der Waals surface area (Å²) in [5.41, 5.74) is 0.804. The molecule has 2 N–H and O–H groups in total. The third-order valence-electron chi connectivity index (χ3n) is 3.12. The summed E-state index contributed by atoms with van der Waals surface area (Å²) in [7, 11) is 0. The molecule has 0 radical (unpaired) electrons. The van der Waals surface area contributed by atoms with Crippen molar-refractivity contribution < 1.29 is 9.18 Å². The van der Waals surface area contributed by atoms with E-state index in [2.05, 4.69) is 10.6 Å². The Morgan fingerprint density at radius 1 is 1.53 bits per heavy atom. The number of rotatable bonds is 3. The molecule has 19 heavy (non-hydrogen) atoms. The molecule has 1 aromatic carbocycles. The lowest BCUT2D eigenvalue weighted by atomic mass is 9.99. The van der Waals surface area contributed by atoms with Gasteiger partial charge in [-0.2, -0.15) is 0 Å². The molecular formula is C13H17Cl2FN2O. The van der Waals surface area contributed by atoms with Gasteiger partial charge in [0.2, 0.25) is 5.91 Å². The lowest BCUT2D eigenvalue weighted by Crippen LogP contribution is -2.40. The summed E-state index contributed by atoms with van der Waals surface area (Å²) in [5.74, 6) is -0.361. The van der Waals surface area contributed by atoms with Crippen LogP contribution in [0.25, 0.3) is 0 Å². The molecule has 1 aliphatic rings. The average molecular weight is 307 g/mol. The number of amides is 1. The predicted octanol–water partition coefficient (Wildman–Crippen LogP) is 2.52. The third-order valence-corrected chi connectivity index (χ3v) is 3.41. The number of hydrogen-bond acceptors (Lipinski definition) is 2. The van der Waals surface area contributed by atoms with Gasteiger partial charge in [-0.25, -0.2) is 4.39 Å². The van der Waals surface area contributed by atoms with E-state index in [4.69, 9.17) is 11.6 Å². The van der Waals surface area contributed by atoms with Crippen LogP contribution in [0.1, 0.15) is 18.4 Å². The van der Waals surface area contributed by atoms with E-state index in [1.807, 2.05) is 0 Å². The first-order valence-electron chi connectivity index (χ1n) is 6.09. The van der Waals surface area contributed by atoms with Gasteiger partial charge < -0.3 is 10.6 Å². The van der Waals surface area contributed by atoms with Crippen molar-refractivity contribution in [2.24, 2.45) is 5.92 Å². The summed E-state index contributed by atoms with van der Waals surface area (Å²) in [6.45, 7) is 2.10. The molecule has 0 aliphatic carbocycles. The molecule has 1 fully saturated rings. The minimum atomic E-state index is -0.441. The zero-order chi connectivity index (χ0) is 13.0. The van der Waals surface area contributed by atoms with E-state index in [0.29, 0.717) is 6.54 Å². The molecule has 0 spiro atoms. The quantitative estimate of drug-likeness (QED) is 0.901. The SMILES string of the molecule is Cl.O=C(NCc1ccc(F)c(Cl)c1)[C@@H]1CCCNC1. The number of hydrogen-bond donors (Lipinski definition) is 2. The van der Waals surface area contributed by atoms with Crippen LogP contribution in [0.2, 0.25) is 5.02 Å². The van der Waals surface area contributed by atoms with Crippen LogP contribution in [-0.2, 0) is 11.3 Å². The highest BCUT2D eigenvalue weighted by molar-refractivity contribution is 6.30. The molecule has 1 heterocycles. The second-order valence-electron chi connectivity index (χ2n) is 4.51. The van der Waals surface area contributed by atoms with Gasteiger partial charge in [0.05, 0.1) is 10.9 Å². The molecule has 1 aromatic rings. The summed E-state index contributed by atoms with van der Waals surface area (Å²) in [4.78, 5) is 11.9. The molecule has 1 aliphatic heterocycles. The van der Waals surface area contributed by atoms with E-state index >= 15 is 0 Å². The average Bonchev–Trinajstić information content (AvgIpc) is 2.41. The molecule has 0 unspecified atom stereocenters. The molecule has 106 valence electrons. The normalized spacial score (nSPS) is 18.5. The van der Waals surface area contributed by atoms with Crippen molar-refractivity contribution in [3.05, 3.63) is 34.6 Å². The van der Waals surface area contributed by atoms with Crippen LogP contribution in [-0.4, -0.2) is 19.0 Å². The lowest BCUT2D eigenvalue weighted by molar-refractivity contribution is -0.125. The van der Waals surface area contributed by atoms with E-state index in [9.17, 15) is 9.18 Å². The minimum absolute atomic E-state index is 0. The number of carbonyl (C=O) groups is 1. The molecule has 1 saturated heterocycles. The van der Waals surface area contributed by atoms with Gasteiger partial charge in [0.25, 0.3) is 0 Å². The van der Waals surface area contributed by atoms with Gasteiger partial charge in [-0.05, 0) is 37.1 Å². The maximum absolute atomic E-state index is 13.0. The van der Waals surface area contributed by atoms with Crippen molar-refractivity contribution in [1.29, 1.82) is 0 Å². The highest BCUT2D eigenvalue weighted by Gasteiger charge is 2.20.